The lowest BCUT2D eigenvalue weighted by molar-refractivity contribution is 0.953. The Balaban J connectivity index is 0.00000198. The third-order valence-corrected chi connectivity index (χ3v) is 7.63. The van der Waals surface area contributed by atoms with Gasteiger partial charge in [-0.05, 0) is 103 Å². The Morgan fingerprint density at radius 3 is 1.71 bits per heavy atom. The van der Waals surface area contributed by atoms with Crippen LogP contribution in [-0.2, 0) is 0 Å². The van der Waals surface area contributed by atoms with Gasteiger partial charge in [0.25, 0.3) is 0 Å². The Morgan fingerprint density at radius 2 is 1.24 bits per heavy atom. The van der Waals surface area contributed by atoms with Gasteiger partial charge in [-0.1, -0.05) is 101 Å². The first-order valence-corrected chi connectivity index (χ1v) is 15.2. The van der Waals surface area contributed by atoms with Crippen LogP contribution in [0.1, 0.15) is 65.0 Å². The summed E-state index contributed by atoms with van der Waals surface area (Å²) in [5.74, 6) is 0.282. The van der Waals surface area contributed by atoms with Crippen molar-refractivity contribution in [3.8, 4) is 11.1 Å². The van der Waals surface area contributed by atoms with Crippen LogP contribution in [-0.4, -0.2) is 0 Å². The average molecular weight is 553 g/mol. The quantitative estimate of drug-likeness (QED) is 0.191. The summed E-state index contributed by atoms with van der Waals surface area (Å²) < 4.78 is 0. The van der Waals surface area contributed by atoms with Gasteiger partial charge in [0.2, 0.25) is 0 Å². The van der Waals surface area contributed by atoms with Crippen LogP contribution in [0.15, 0.2) is 145 Å². The third kappa shape index (κ3) is 6.19. The molecule has 0 aromatic heterocycles. The van der Waals surface area contributed by atoms with Crippen molar-refractivity contribution in [2.75, 3.05) is 9.80 Å². The van der Waals surface area contributed by atoms with Crippen LogP contribution >= 0.6 is 0 Å². The molecule has 0 aliphatic heterocycles. The van der Waals surface area contributed by atoms with Crippen molar-refractivity contribution in [2.24, 2.45) is 0 Å². The summed E-state index contributed by atoms with van der Waals surface area (Å²) in [6.07, 6.45) is 11.6. The second-order valence-electron chi connectivity index (χ2n) is 10.2. The first-order chi connectivity index (χ1) is 20.6. The van der Waals surface area contributed by atoms with Gasteiger partial charge < -0.3 is 9.80 Å². The monoisotopic (exact) mass is 552 g/mol. The van der Waals surface area contributed by atoms with Gasteiger partial charge in [-0.15, -0.1) is 0 Å². The van der Waals surface area contributed by atoms with Crippen LogP contribution in [0, 0.1) is 0 Å². The van der Waals surface area contributed by atoms with E-state index < -0.39 is 0 Å². The summed E-state index contributed by atoms with van der Waals surface area (Å²) in [5, 5.41) is 0. The molecule has 1 aliphatic rings. The molecule has 5 rings (SSSR count). The van der Waals surface area contributed by atoms with Crippen LogP contribution in [0.5, 0.6) is 0 Å². The second kappa shape index (κ2) is 14.4. The van der Waals surface area contributed by atoms with Gasteiger partial charge >= 0.3 is 0 Å². The number of nitrogens with zero attached hydrogens (tertiary/aromatic N) is 2. The molecule has 4 aromatic rings. The first-order valence-electron chi connectivity index (χ1n) is 15.2. The molecule has 214 valence electrons. The standard InChI is InChI=1S/C38H38N2.C2H6/c1-6-9-17-30(8-3)40(32-20-14-11-15-21-32)34-23-25-36-35-24-22-33(26-37(35)29(5)38(36)27-34)39(28(4)16-7-2)31-18-12-10-13-19-31;1-2/h7-27,29H,2,6H2,1,3-5H3;1-2H3/b17-9-,28-16+,30-8+;. The molecule has 4 aromatic carbocycles. The first kappa shape index (κ1) is 30.4. The van der Waals surface area contributed by atoms with Gasteiger partial charge in [0, 0.05) is 40.1 Å². The zero-order valence-electron chi connectivity index (χ0n) is 26.0. The molecule has 0 saturated carbocycles. The van der Waals surface area contributed by atoms with Crippen molar-refractivity contribution < 1.29 is 0 Å². The number of fused-ring (bicyclic) bond motifs is 3. The topological polar surface area (TPSA) is 6.48 Å². The van der Waals surface area contributed by atoms with E-state index in [4.69, 9.17) is 0 Å². The fourth-order valence-corrected chi connectivity index (χ4v) is 5.69. The molecule has 0 amide bonds. The van der Waals surface area contributed by atoms with Crippen molar-refractivity contribution in [3.05, 3.63) is 157 Å². The maximum atomic E-state index is 3.93. The van der Waals surface area contributed by atoms with E-state index >= 15 is 0 Å². The highest BCUT2D eigenvalue weighted by atomic mass is 15.2. The van der Waals surface area contributed by atoms with Crippen molar-refractivity contribution in [1.82, 2.24) is 0 Å². The lowest BCUT2D eigenvalue weighted by atomic mass is 9.98. The molecule has 0 heterocycles. The summed E-state index contributed by atoms with van der Waals surface area (Å²) in [6, 6.07) is 35.0. The van der Waals surface area contributed by atoms with Gasteiger partial charge in [0.1, 0.15) is 0 Å². The number of hydrogen-bond acceptors (Lipinski definition) is 2. The molecule has 42 heavy (non-hydrogen) atoms. The number of benzene rings is 4. The third-order valence-electron chi connectivity index (χ3n) is 7.63. The summed E-state index contributed by atoms with van der Waals surface area (Å²) in [5.41, 5.74) is 12.3. The van der Waals surface area contributed by atoms with Gasteiger partial charge in [-0.25, -0.2) is 0 Å². The number of anilines is 4. The molecule has 1 aliphatic carbocycles. The van der Waals surface area contributed by atoms with Gasteiger partial charge in [-0.2, -0.15) is 0 Å². The summed E-state index contributed by atoms with van der Waals surface area (Å²) >= 11 is 0. The SMILES string of the molecule is C=C/C=C(\C)N(c1ccccc1)c1ccc2c(c1)C(C)c1cc(N(C(/C=C\CC)=C/C)c3ccccc3)ccc1-2.CC. The number of para-hydroxylation sites is 2. The van der Waals surface area contributed by atoms with Crippen LogP contribution in [0.2, 0.25) is 0 Å². The number of hydrogen-bond donors (Lipinski definition) is 0. The molecule has 0 spiro atoms. The Hall–Kier alpha value is -4.56. The molecular formula is C40H44N2. The zero-order chi connectivity index (χ0) is 30.1. The molecular weight excluding hydrogens is 508 g/mol. The Kier molecular flexibility index (Phi) is 10.4. The fourth-order valence-electron chi connectivity index (χ4n) is 5.69. The van der Waals surface area contributed by atoms with E-state index in [0.717, 1.165) is 29.2 Å². The molecule has 0 radical (unpaired) electrons. The maximum Gasteiger partial charge on any atom is 0.0464 e. The summed E-state index contributed by atoms with van der Waals surface area (Å²) in [6.45, 7) is 16.7. The Morgan fingerprint density at radius 1 is 0.738 bits per heavy atom. The Labute approximate surface area is 253 Å². The van der Waals surface area contributed by atoms with Crippen LogP contribution in [0.4, 0.5) is 22.7 Å². The van der Waals surface area contributed by atoms with Gasteiger partial charge in [0.05, 0.1) is 0 Å². The summed E-state index contributed by atoms with van der Waals surface area (Å²) in [7, 11) is 0. The van der Waals surface area contributed by atoms with E-state index in [1.165, 1.54) is 33.6 Å². The molecule has 0 bridgehead atoms. The lowest BCUT2D eigenvalue weighted by Gasteiger charge is -2.27. The predicted molar refractivity (Wildman–Crippen MR) is 185 cm³/mol. The number of allylic oxidation sites excluding steroid dienone is 6. The number of rotatable bonds is 9. The van der Waals surface area contributed by atoms with Crippen molar-refractivity contribution in [2.45, 2.75) is 53.9 Å². The van der Waals surface area contributed by atoms with E-state index in [-0.39, 0.29) is 5.92 Å². The van der Waals surface area contributed by atoms with Gasteiger partial charge in [-0.3, -0.25) is 0 Å². The fraction of sp³-hybridized carbons (Fsp3) is 0.200. The largest absolute Gasteiger partial charge is 0.315 e. The van der Waals surface area contributed by atoms with E-state index in [0.29, 0.717) is 0 Å². The van der Waals surface area contributed by atoms with Gasteiger partial charge in [0.15, 0.2) is 0 Å². The Bertz CT molecular complexity index is 1570. The molecule has 2 nitrogen and oxygen atoms in total. The molecule has 0 saturated heterocycles. The maximum absolute atomic E-state index is 3.93. The van der Waals surface area contributed by atoms with Crippen molar-refractivity contribution in [3.63, 3.8) is 0 Å². The molecule has 1 atom stereocenters. The second-order valence-corrected chi connectivity index (χ2v) is 10.2. The minimum Gasteiger partial charge on any atom is -0.315 e. The molecule has 0 N–H and O–H groups in total. The smallest absolute Gasteiger partial charge is 0.0464 e. The minimum absolute atomic E-state index is 0.282. The minimum atomic E-state index is 0.282. The highest BCUT2D eigenvalue weighted by molar-refractivity contribution is 5.85. The van der Waals surface area contributed by atoms with Crippen LogP contribution in [0.3, 0.4) is 0 Å². The normalized spacial score (nSPS) is 14.1. The van der Waals surface area contributed by atoms with E-state index in [9.17, 15) is 0 Å². The van der Waals surface area contributed by atoms with Crippen molar-refractivity contribution in [1.29, 1.82) is 0 Å². The lowest BCUT2D eigenvalue weighted by Crippen LogP contribution is -2.15. The van der Waals surface area contributed by atoms with E-state index in [1.807, 2.05) is 19.9 Å². The average Bonchev–Trinajstić information content (AvgIpc) is 3.31. The van der Waals surface area contributed by atoms with E-state index in [1.54, 1.807) is 0 Å². The molecule has 2 heteroatoms. The highest BCUT2D eigenvalue weighted by Gasteiger charge is 2.28. The van der Waals surface area contributed by atoms with Crippen molar-refractivity contribution >= 4 is 22.7 Å². The predicted octanol–water partition coefficient (Wildman–Crippen LogP) is 12.1. The molecule has 1 unspecified atom stereocenters. The van der Waals surface area contributed by atoms with Crippen LogP contribution in [0.25, 0.3) is 11.1 Å². The van der Waals surface area contributed by atoms with E-state index in [2.05, 4.69) is 165 Å². The summed E-state index contributed by atoms with van der Waals surface area (Å²) in [4.78, 5) is 4.66. The van der Waals surface area contributed by atoms with Crippen LogP contribution < -0.4 is 9.80 Å². The zero-order valence-corrected chi connectivity index (χ0v) is 26.0. The molecule has 0 fully saturated rings. The highest BCUT2D eigenvalue weighted by Crippen LogP contribution is 2.48.